The van der Waals surface area contributed by atoms with E-state index < -0.39 is 21.6 Å². The van der Waals surface area contributed by atoms with E-state index in [1.807, 2.05) is 31.2 Å². The van der Waals surface area contributed by atoms with Crippen molar-refractivity contribution in [2.75, 3.05) is 18.9 Å². The quantitative estimate of drug-likeness (QED) is 0.416. The Morgan fingerprint density at radius 3 is 2.48 bits per heavy atom. The average molecular weight is 482 g/mol. The highest BCUT2D eigenvalue weighted by Crippen LogP contribution is 2.14. The number of nitrogens with one attached hydrogen (secondary N) is 1. The number of hydrogen-bond donors (Lipinski definition) is 1. The van der Waals surface area contributed by atoms with Gasteiger partial charge in [0.05, 0.1) is 12.3 Å². The van der Waals surface area contributed by atoms with Crippen LogP contribution in [-0.2, 0) is 36.3 Å². The maximum absolute atomic E-state index is 12.1. The molecule has 0 spiro atoms. The summed E-state index contributed by atoms with van der Waals surface area (Å²) in [6, 6.07) is 14.9. The van der Waals surface area contributed by atoms with Gasteiger partial charge < -0.3 is 10.1 Å². The number of carbonyl (C=O) groups excluding carboxylic acids is 2. The van der Waals surface area contributed by atoms with E-state index in [9.17, 15) is 18.0 Å². The van der Waals surface area contributed by atoms with Gasteiger partial charge >= 0.3 is 5.97 Å². The van der Waals surface area contributed by atoms with Gasteiger partial charge in [0.15, 0.2) is 9.84 Å². The predicted octanol–water partition coefficient (Wildman–Crippen LogP) is 2.96. The lowest BCUT2D eigenvalue weighted by atomic mass is 10.1. The van der Waals surface area contributed by atoms with Crippen molar-refractivity contribution >= 4 is 37.6 Å². The molecule has 0 aromatic heterocycles. The van der Waals surface area contributed by atoms with Gasteiger partial charge in [-0.15, -0.1) is 0 Å². The predicted molar refractivity (Wildman–Crippen MR) is 115 cm³/mol. The first-order valence-electron chi connectivity index (χ1n) is 9.16. The Morgan fingerprint density at radius 1 is 1.07 bits per heavy atom. The van der Waals surface area contributed by atoms with Crippen LogP contribution in [0.1, 0.15) is 23.1 Å². The molecule has 0 radical (unpaired) electrons. The van der Waals surface area contributed by atoms with E-state index in [-0.39, 0.29) is 24.8 Å². The zero-order valence-electron chi connectivity index (χ0n) is 16.2. The second-order valence-electron chi connectivity index (χ2n) is 6.72. The third-order valence-corrected chi connectivity index (χ3v) is 6.00. The largest absolute Gasteiger partial charge is 0.463 e. The van der Waals surface area contributed by atoms with Gasteiger partial charge in [-0.05, 0) is 36.6 Å². The summed E-state index contributed by atoms with van der Waals surface area (Å²) in [7, 11) is -3.63. The Morgan fingerprint density at radius 2 is 1.79 bits per heavy atom. The third-order valence-electron chi connectivity index (χ3n) is 4.06. The summed E-state index contributed by atoms with van der Waals surface area (Å²) in [6.07, 6.45) is 0.956. The van der Waals surface area contributed by atoms with E-state index in [1.165, 1.54) is 5.56 Å². The van der Waals surface area contributed by atoms with Gasteiger partial charge in [-0.25, -0.2) is 8.42 Å². The highest BCUT2D eigenvalue weighted by Gasteiger charge is 2.18. The van der Waals surface area contributed by atoms with Gasteiger partial charge in [0, 0.05) is 10.9 Å². The number of halogens is 1. The zero-order valence-corrected chi connectivity index (χ0v) is 18.6. The third kappa shape index (κ3) is 9.23. The van der Waals surface area contributed by atoms with Crippen LogP contribution in [0.4, 0.5) is 0 Å². The molecule has 2 rings (SSSR count). The summed E-state index contributed by atoms with van der Waals surface area (Å²) in [5.41, 5.74) is 2.83. The van der Waals surface area contributed by atoms with Crippen molar-refractivity contribution in [1.29, 1.82) is 0 Å². The van der Waals surface area contributed by atoms with E-state index in [1.54, 1.807) is 24.3 Å². The molecule has 0 bridgehead atoms. The smallest absolute Gasteiger partial charge is 0.321 e. The number of amides is 1. The van der Waals surface area contributed by atoms with Crippen LogP contribution < -0.4 is 5.32 Å². The second-order valence-corrected chi connectivity index (χ2v) is 9.70. The van der Waals surface area contributed by atoms with Crippen LogP contribution in [0, 0.1) is 6.92 Å². The maximum atomic E-state index is 12.1. The minimum Gasteiger partial charge on any atom is -0.463 e. The molecule has 2 aromatic carbocycles. The molecule has 0 atom stereocenters. The fourth-order valence-corrected chi connectivity index (χ4v) is 4.29. The first-order chi connectivity index (χ1) is 13.7. The van der Waals surface area contributed by atoms with Gasteiger partial charge in [0.25, 0.3) is 0 Å². The Hall–Kier alpha value is -2.19. The van der Waals surface area contributed by atoms with Gasteiger partial charge in [-0.1, -0.05) is 57.9 Å². The lowest BCUT2D eigenvalue weighted by molar-refractivity contribution is -0.140. The summed E-state index contributed by atoms with van der Waals surface area (Å²) < 4.78 is 29.9. The number of rotatable bonds is 10. The molecule has 6 nitrogen and oxygen atoms in total. The van der Waals surface area contributed by atoms with Crippen molar-refractivity contribution < 1.29 is 22.7 Å². The number of aryl methyl sites for hydroxylation is 2. The molecule has 2 aromatic rings. The van der Waals surface area contributed by atoms with Crippen LogP contribution in [-0.4, -0.2) is 39.2 Å². The molecule has 8 heteroatoms. The van der Waals surface area contributed by atoms with Crippen molar-refractivity contribution in [1.82, 2.24) is 5.32 Å². The fraction of sp³-hybridized carbons (Fsp3) is 0.333. The second kappa shape index (κ2) is 11.1. The van der Waals surface area contributed by atoms with Crippen molar-refractivity contribution in [3.8, 4) is 0 Å². The molecule has 29 heavy (non-hydrogen) atoms. The van der Waals surface area contributed by atoms with E-state index >= 15 is 0 Å². The number of sulfone groups is 1. The summed E-state index contributed by atoms with van der Waals surface area (Å²) in [6.45, 7) is 2.08. The van der Waals surface area contributed by atoms with E-state index in [0.717, 1.165) is 10.0 Å². The normalized spacial score (nSPS) is 11.1. The van der Waals surface area contributed by atoms with Crippen LogP contribution in [0.25, 0.3) is 0 Å². The molecule has 0 saturated carbocycles. The van der Waals surface area contributed by atoms with Gasteiger partial charge in [-0.2, -0.15) is 0 Å². The van der Waals surface area contributed by atoms with Gasteiger partial charge in [0.2, 0.25) is 5.91 Å². The molecule has 0 saturated heterocycles. The molecule has 0 aliphatic rings. The molecule has 0 aliphatic heterocycles. The summed E-state index contributed by atoms with van der Waals surface area (Å²) >= 11 is 3.28. The fourth-order valence-electron chi connectivity index (χ4n) is 2.61. The topological polar surface area (TPSA) is 89.5 Å². The van der Waals surface area contributed by atoms with Crippen LogP contribution in [0.3, 0.4) is 0 Å². The average Bonchev–Trinajstić information content (AvgIpc) is 2.64. The van der Waals surface area contributed by atoms with Crippen molar-refractivity contribution in [2.24, 2.45) is 0 Å². The standard InChI is InChI=1S/C21H24BrNO5S/c1-16-5-7-17(8-6-16)9-10-20(24)23-11-12-28-21(25)15-29(26,27)14-18-3-2-4-19(22)13-18/h2-8,13H,9-12,14-15H2,1H3,(H,23,24). The summed E-state index contributed by atoms with van der Waals surface area (Å²) in [5.74, 6) is -1.91. The van der Waals surface area contributed by atoms with Gasteiger partial charge in [0.1, 0.15) is 12.4 Å². The van der Waals surface area contributed by atoms with Crippen LogP contribution in [0.5, 0.6) is 0 Å². The molecule has 0 fully saturated rings. The Balaban J connectivity index is 1.64. The van der Waals surface area contributed by atoms with E-state index in [2.05, 4.69) is 21.2 Å². The van der Waals surface area contributed by atoms with Crippen molar-refractivity contribution in [2.45, 2.75) is 25.5 Å². The summed E-state index contributed by atoms with van der Waals surface area (Å²) in [4.78, 5) is 23.6. The molecule has 0 heterocycles. The van der Waals surface area contributed by atoms with Crippen molar-refractivity contribution in [3.05, 3.63) is 69.7 Å². The number of carbonyl (C=O) groups is 2. The Labute approximate surface area is 179 Å². The highest BCUT2D eigenvalue weighted by atomic mass is 79.9. The lowest BCUT2D eigenvalue weighted by Gasteiger charge is -2.08. The molecular formula is C21H24BrNO5S. The monoisotopic (exact) mass is 481 g/mol. The summed E-state index contributed by atoms with van der Waals surface area (Å²) in [5, 5.41) is 2.66. The van der Waals surface area contributed by atoms with E-state index in [4.69, 9.17) is 4.74 Å². The molecule has 1 amide bonds. The molecule has 156 valence electrons. The Kier molecular flexibility index (Phi) is 8.85. The zero-order chi connectivity index (χ0) is 21.3. The SMILES string of the molecule is Cc1ccc(CCC(=O)NCCOC(=O)CS(=O)(=O)Cc2cccc(Br)c2)cc1. The maximum Gasteiger partial charge on any atom is 0.321 e. The van der Waals surface area contributed by atoms with Crippen LogP contribution in [0.15, 0.2) is 53.0 Å². The number of hydrogen-bond acceptors (Lipinski definition) is 5. The minimum absolute atomic E-state index is 0.0679. The minimum atomic E-state index is -3.63. The Bertz CT molecular complexity index is 942. The lowest BCUT2D eigenvalue weighted by Crippen LogP contribution is -2.29. The first-order valence-corrected chi connectivity index (χ1v) is 11.8. The van der Waals surface area contributed by atoms with E-state index in [0.29, 0.717) is 18.4 Å². The number of benzene rings is 2. The van der Waals surface area contributed by atoms with Crippen molar-refractivity contribution in [3.63, 3.8) is 0 Å². The number of ether oxygens (including phenoxy) is 1. The molecule has 0 unspecified atom stereocenters. The first kappa shape index (κ1) is 23.1. The molecule has 0 aliphatic carbocycles. The van der Waals surface area contributed by atoms with Crippen LogP contribution >= 0.6 is 15.9 Å². The number of esters is 1. The highest BCUT2D eigenvalue weighted by molar-refractivity contribution is 9.10. The van der Waals surface area contributed by atoms with Crippen LogP contribution in [0.2, 0.25) is 0 Å². The van der Waals surface area contributed by atoms with Gasteiger partial charge in [-0.3, -0.25) is 9.59 Å². The molecule has 1 N–H and O–H groups in total. The molecular weight excluding hydrogens is 458 g/mol.